The van der Waals surface area contributed by atoms with Crippen molar-refractivity contribution in [2.24, 2.45) is 5.92 Å². The fourth-order valence-electron chi connectivity index (χ4n) is 0.745. The van der Waals surface area contributed by atoms with E-state index in [1.165, 1.54) is 6.66 Å². The Kier molecular flexibility index (Phi) is 6.77. The fourth-order valence-corrected chi connectivity index (χ4v) is 1.91. The van der Waals surface area contributed by atoms with Gasteiger partial charge >= 0.3 is 78.0 Å². The Morgan fingerprint density at radius 3 is 2.15 bits per heavy atom. The molecule has 0 fully saturated rings. The van der Waals surface area contributed by atoms with Gasteiger partial charge in [0, 0.05) is 0 Å². The molecule has 0 aromatic rings. The third-order valence-corrected chi connectivity index (χ3v) is 3.04. The summed E-state index contributed by atoms with van der Waals surface area (Å²) < 4.78 is 10.0. The standard InChI is InChI=1S/C7H19O5P/c1-3-11-13(2,10)12-6-7(4-8)5-9/h7-10,13H,3-6H2,1-2H3. The molecule has 6 heteroatoms. The molecule has 0 spiro atoms. The number of aliphatic hydroxyl groups excluding tert-OH is 2. The molecule has 5 nitrogen and oxygen atoms in total. The molecule has 3 N–H and O–H groups in total. The van der Waals surface area contributed by atoms with Crippen LogP contribution in [0.4, 0.5) is 0 Å². The molecule has 0 unspecified atom stereocenters. The maximum absolute atomic E-state index is 9.49. The molecule has 0 aliphatic heterocycles. The summed E-state index contributed by atoms with van der Waals surface area (Å²) in [5.41, 5.74) is 0. The molecular weight excluding hydrogens is 195 g/mol. The van der Waals surface area contributed by atoms with Gasteiger partial charge in [0.1, 0.15) is 0 Å². The van der Waals surface area contributed by atoms with E-state index in [9.17, 15) is 4.89 Å². The van der Waals surface area contributed by atoms with E-state index in [2.05, 4.69) is 0 Å². The molecule has 0 heterocycles. The van der Waals surface area contributed by atoms with E-state index >= 15 is 0 Å². The van der Waals surface area contributed by atoms with Crippen LogP contribution in [0.15, 0.2) is 0 Å². The van der Waals surface area contributed by atoms with E-state index in [1.54, 1.807) is 6.92 Å². The Balaban J connectivity index is 3.71. The monoisotopic (exact) mass is 214 g/mol. The van der Waals surface area contributed by atoms with Gasteiger partial charge in [0.15, 0.2) is 0 Å². The van der Waals surface area contributed by atoms with Crippen LogP contribution in [0.1, 0.15) is 6.92 Å². The van der Waals surface area contributed by atoms with Crippen LogP contribution in [0.3, 0.4) is 0 Å². The van der Waals surface area contributed by atoms with Crippen molar-refractivity contribution in [2.75, 3.05) is 33.1 Å². The van der Waals surface area contributed by atoms with E-state index in [0.717, 1.165) is 0 Å². The van der Waals surface area contributed by atoms with Gasteiger partial charge in [-0.15, -0.1) is 0 Å². The summed E-state index contributed by atoms with van der Waals surface area (Å²) in [4.78, 5) is 9.49. The van der Waals surface area contributed by atoms with Crippen molar-refractivity contribution in [1.29, 1.82) is 0 Å². The first kappa shape index (κ1) is 13.2. The van der Waals surface area contributed by atoms with Gasteiger partial charge < -0.3 is 0 Å². The second-order valence-electron chi connectivity index (χ2n) is 2.87. The summed E-state index contributed by atoms with van der Waals surface area (Å²) in [5, 5.41) is 17.4. The number of hydrogen-bond donors (Lipinski definition) is 3. The van der Waals surface area contributed by atoms with Gasteiger partial charge in [-0.1, -0.05) is 0 Å². The third kappa shape index (κ3) is 6.32. The zero-order chi connectivity index (χ0) is 10.3. The molecule has 0 rings (SSSR count). The first-order valence-electron chi connectivity index (χ1n) is 4.27. The minimum atomic E-state index is -3.02. The van der Waals surface area contributed by atoms with Crippen LogP contribution < -0.4 is 0 Å². The summed E-state index contributed by atoms with van der Waals surface area (Å²) in [7, 11) is -3.02. The van der Waals surface area contributed by atoms with E-state index in [4.69, 9.17) is 19.3 Å². The zero-order valence-corrected chi connectivity index (χ0v) is 9.06. The summed E-state index contributed by atoms with van der Waals surface area (Å²) >= 11 is 0. The van der Waals surface area contributed by atoms with Crippen LogP contribution in [0.2, 0.25) is 0 Å². The van der Waals surface area contributed by atoms with Crippen LogP contribution in [0.25, 0.3) is 0 Å². The molecule has 0 atom stereocenters. The zero-order valence-electron chi connectivity index (χ0n) is 8.06. The Hall–Kier alpha value is 0.230. The fraction of sp³-hybridized carbons (Fsp3) is 1.00. The average Bonchev–Trinajstić information content (AvgIpc) is 2.06. The molecule has 0 aliphatic rings. The van der Waals surface area contributed by atoms with E-state index < -0.39 is 7.94 Å². The van der Waals surface area contributed by atoms with Crippen LogP contribution in [0.5, 0.6) is 0 Å². The number of hydrogen-bond acceptors (Lipinski definition) is 5. The van der Waals surface area contributed by atoms with Crippen molar-refractivity contribution < 1.29 is 24.2 Å². The normalized spacial score (nSPS) is 13.7. The van der Waals surface area contributed by atoms with Crippen LogP contribution >= 0.6 is 7.94 Å². The molecule has 0 radical (unpaired) electrons. The molecule has 0 aliphatic carbocycles. The van der Waals surface area contributed by atoms with E-state index in [0.29, 0.717) is 6.61 Å². The Bertz CT molecular complexity index is 126. The second kappa shape index (κ2) is 6.65. The Labute approximate surface area is 78.9 Å². The third-order valence-electron chi connectivity index (χ3n) is 1.52. The molecule has 0 saturated carbocycles. The van der Waals surface area contributed by atoms with Crippen LogP contribution in [-0.2, 0) is 9.05 Å². The van der Waals surface area contributed by atoms with Crippen molar-refractivity contribution >= 4 is 7.94 Å². The molecular formula is C7H19O5P. The second-order valence-corrected chi connectivity index (χ2v) is 5.25. The minimum absolute atomic E-state index is 0.117. The quantitative estimate of drug-likeness (QED) is 0.510. The topological polar surface area (TPSA) is 79.2 Å². The van der Waals surface area contributed by atoms with Crippen molar-refractivity contribution in [3.63, 3.8) is 0 Å². The van der Waals surface area contributed by atoms with Gasteiger partial charge in [-0.3, -0.25) is 0 Å². The SMILES string of the molecule is CCO[PH](C)(O)OCC(CO)CO. The van der Waals surface area contributed by atoms with Crippen molar-refractivity contribution in [1.82, 2.24) is 0 Å². The molecule has 0 aromatic carbocycles. The maximum atomic E-state index is 9.49. The number of rotatable bonds is 7. The molecule has 0 saturated heterocycles. The molecule has 0 aromatic heterocycles. The molecule has 0 bridgehead atoms. The first-order valence-corrected chi connectivity index (χ1v) is 6.54. The molecule has 82 valence electrons. The molecule has 0 amide bonds. The van der Waals surface area contributed by atoms with Gasteiger partial charge in [0.25, 0.3) is 0 Å². The predicted octanol–water partition coefficient (Wildman–Crippen LogP) is -0.243. The van der Waals surface area contributed by atoms with E-state index in [-0.39, 0.29) is 25.7 Å². The van der Waals surface area contributed by atoms with E-state index in [1.807, 2.05) is 0 Å². The average molecular weight is 214 g/mol. The van der Waals surface area contributed by atoms with Gasteiger partial charge in [-0.2, -0.15) is 0 Å². The Morgan fingerprint density at radius 1 is 1.23 bits per heavy atom. The van der Waals surface area contributed by atoms with Crippen molar-refractivity contribution in [2.45, 2.75) is 6.92 Å². The molecule has 13 heavy (non-hydrogen) atoms. The Morgan fingerprint density at radius 2 is 1.77 bits per heavy atom. The predicted molar refractivity (Wildman–Crippen MR) is 51.7 cm³/mol. The number of aliphatic hydroxyl groups is 2. The summed E-state index contributed by atoms with van der Waals surface area (Å²) in [6.07, 6.45) is 0. The van der Waals surface area contributed by atoms with Gasteiger partial charge in [-0.05, 0) is 0 Å². The summed E-state index contributed by atoms with van der Waals surface area (Å²) in [5.74, 6) is -0.348. The van der Waals surface area contributed by atoms with Gasteiger partial charge in [0.05, 0.1) is 0 Å². The van der Waals surface area contributed by atoms with Crippen LogP contribution in [0, 0.1) is 5.92 Å². The van der Waals surface area contributed by atoms with Crippen molar-refractivity contribution in [3.05, 3.63) is 0 Å². The van der Waals surface area contributed by atoms with Gasteiger partial charge in [-0.25, -0.2) is 0 Å². The van der Waals surface area contributed by atoms with Crippen LogP contribution in [-0.4, -0.2) is 48.2 Å². The van der Waals surface area contributed by atoms with Gasteiger partial charge in [0.2, 0.25) is 0 Å². The van der Waals surface area contributed by atoms with Crippen molar-refractivity contribution in [3.8, 4) is 0 Å². The first-order chi connectivity index (χ1) is 6.05. The summed E-state index contributed by atoms with van der Waals surface area (Å²) in [6.45, 7) is 3.46. The summed E-state index contributed by atoms with van der Waals surface area (Å²) in [6, 6.07) is 0.